The van der Waals surface area contributed by atoms with Crippen LogP contribution >= 0.6 is 0 Å². The Bertz CT molecular complexity index is 1490. The summed E-state index contributed by atoms with van der Waals surface area (Å²) < 4.78 is 87.6. The summed E-state index contributed by atoms with van der Waals surface area (Å²) in [7, 11) is 0. The van der Waals surface area contributed by atoms with Crippen molar-refractivity contribution in [2.24, 2.45) is 0 Å². The van der Waals surface area contributed by atoms with Crippen molar-refractivity contribution >= 4 is 21.5 Å². The Morgan fingerprint density at radius 3 is 1.85 bits per heavy atom. The second kappa shape index (κ2) is 7.33. The third-order valence-corrected chi connectivity index (χ3v) is 5.31. The molecule has 0 saturated carbocycles. The monoisotopic (exact) mass is 458 g/mol. The van der Waals surface area contributed by atoms with Gasteiger partial charge in [0.25, 0.3) is 0 Å². The Hall–Kier alpha value is -3.88. The van der Waals surface area contributed by atoms with Crippen LogP contribution in [0.25, 0.3) is 44.3 Å². The van der Waals surface area contributed by atoms with E-state index >= 15 is 0 Å². The van der Waals surface area contributed by atoms with Gasteiger partial charge < -0.3 is 4.42 Å². The lowest BCUT2D eigenvalue weighted by Gasteiger charge is -2.19. The molecule has 0 atom stereocenters. The molecular weight excluding hydrogens is 446 g/mol. The van der Waals surface area contributed by atoms with Crippen LogP contribution in [0, 0.1) is 0 Å². The molecule has 166 valence electrons. The molecule has 0 amide bonds. The Morgan fingerprint density at radius 1 is 0.636 bits per heavy atom. The molecule has 5 rings (SSSR count). The quantitative estimate of drug-likeness (QED) is 0.201. The molecule has 0 aliphatic heterocycles. The van der Waals surface area contributed by atoms with Gasteiger partial charge in [0.2, 0.25) is 0 Å². The van der Waals surface area contributed by atoms with Gasteiger partial charge in [-0.25, -0.2) is 0 Å². The second-order valence-corrected chi connectivity index (χ2v) is 7.34. The highest BCUT2D eigenvalue weighted by molar-refractivity contribution is 6.08. The summed E-state index contributed by atoms with van der Waals surface area (Å²) in [6, 6.07) is 16.0. The molecule has 0 radical (unpaired) electrons. The van der Waals surface area contributed by atoms with Gasteiger partial charge in [-0.05, 0) is 41.1 Å². The third-order valence-electron chi connectivity index (χ3n) is 5.31. The zero-order chi connectivity index (χ0) is 23.4. The number of aromatic nitrogens is 2. The van der Waals surface area contributed by atoms with E-state index in [0.717, 1.165) is 17.5 Å². The topological polar surface area (TPSA) is 38.9 Å². The van der Waals surface area contributed by atoms with E-state index in [2.05, 4.69) is 10.2 Å². The van der Waals surface area contributed by atoms with Crippen LogP contribution < -0.4 is 0 Å². The first kappa shape index (κ1) is 21.0. The van der Waals surface area contributed by atoms with Crippen molar-refractivity contribution < 1.29 is 30.8 Å². The molecule has 0 fully saturated rings. The van der Waals surface area contributed by atoms with Gasteiger partial charge in [0.05, 0.1) is 17.4 Å². The maximum atomic E-state index is 13.9. The van der Waals surface area contributed by atoms with Gasteiger partial charge >= 0.3 is 12.4 Å². The highest BCUT2D eigenvalue weighted by Gasteiger charge is 2.45. The predicted octanol–water partition coefficient (Wildman–Crippen LogP) is 7.75. The van der Waals surface area contributed by atoms with E-state index in [4.69, 9.17) is 4.42 Å². The number of halogens is 6. The van der Waals surface area contributed by atoms with E-state index in [0.29, 0.717) is 22.6 Å². The number of fused-ring (bicyclic) bond motifs is 2. The van der Waals surface area contributed by atoms with Crippen molar-refractivity contribution in [3.8, 4) is 22.7 Å². The van der Waals surface area contributed by atoms with Crippen LogP contribution in [0.5, 0.6) is 0 Å². The van der Waals surface area contributed by atoms with E-state index in [1.807, 2.05) is 6.07 Å². The first-order chi connectivity index (χ1) is 15.6. The molecule has 5 aromatic rings. The highest BCUT2D eigenvalue weighted by atomic mass is 19.4. The minimum absolute atomic E-state index is 0.222. The van der Waals surface area contributed by atoms with Gasteiger partial charge in [-0.15, -0.1) is 10.2 Å². The molecule has 9 heteroatoms. The first-order valence-corrected chi connectivity index (χ1v) is 9.65. The van der Waals surface area contributed by atoms with Crippen LogP contribution in [-0.2, 0) is 12.4 Å². The molecule has 3 nitrogen and oxygen atoms in total. The molecule has 2 aromatic heterocycles. The summed E-state index contributed by atoms with van der Waals surface area (Å²) in [5, 5.41) is 10.1. The summed E-state index contributed by atoms with van der Waals surface area (Å²) in [5.41, 5.74) is -4.31. The van der Waals surface area contributed by atoms with Crippen LogP contribution in [-0.4, -0.2) is 10.2 Å². The van der Waals surface area contributed by atoms with Gasteiger partial charge in [-0.2, -0.15) is 26.3 Å². The van der Waals surface area contributed by atoms with Crippen molar-refractivity contribution in [3.63, 3.8) is 0 Å². The molecule has 2 heterocycles. The fourth-order valence-electron chi connectivity index (χ4n) is 3.93. The smallest absolute Gasteiger partial charge is 0.417 e. The molecule has 33 heavy (non-hydrogen) atoms. The van der Waals surface area contributed by atoms with E-state index in [9.17, 15) is 26.3 Å². The van der Waals surface area contributed by atoms with Crippen molar-refractivity contribution in [3.05, 3.63) is 84.1 Å². The minimum Gasteiger partial charge on any atom is -0.463 e. The van der Waals surface area contributed by atoms with Gasteiger partial charge in [0, 0.05) is 16.3 Å². The largest absolute Gasteiger partial charge is 0.463 e. The van der Waals surface area contributed by atoms with Crippen molar-refractivity contribution in [2.45, 2.75) is 12.4 Å². The zero-order valence-corrected chi connectivity index (χ0v) is 16.5. The lowest BCUT2D eigenvalue weighted by Crippen LogP contribution is -2.18. The second-order valence-electron chi connectivity index (χ2n) is 7.34. The van der Waals surface area contributed by atoms with E-state index in [1.165, 1.54) is 6.26 Å². The average Bonchev–Trinajstić information content (AvgIpc) is 3.30. The molecule has 0 saturated heterocycles. The third kappa shape index (κ3) is 3.59. The number of hydrogen-bond donors (Lipinski definition) is 0. The van der Waals surface area contributed by atoms with Crippen molar-refractivity contribution in [1.29, 1.82) is 0 Å². The summed E-state index contributed by atoms with van der Waals surface area (Å²) >= 11 is 0. The van der Waals surface area contributed by atoms with Gasteiger partial charge in [-0.3, -0.25) is 0 Å². The van der Waals surface area contributed by atoms with Gasteiger partial charge in [-0.1, -0.05) is 36.4 Å². The van der Waals surface area contributed by atoms with Crippen LogP contribution in [0.3, 0.4) is 0 Å². The number of hydrogen-bond acceptors (Lipinski definition) is 3. The lowest BCUT2D eigenvalue weighted by atomic mass is 9.93. The molecular formula is C24H12F6N2O. The van der Waals surface area contributed by atoms with Crippen molar-refractivity contribution in [1.82, 2.24) is 10.2 Å². The van der Waals surface area contributed by atoms with E-state index in [1.54, 1.807) is 42.5 Å². The number of benzene rings is 3. The fraction of sp³-hybridized carbons (Fsp3) is 0.0833. The van der Waals surface area contributed by atoms with Crippen LogP contribution in [0.1, 0.15) is 11.1 Å². The summed E-state index contributed by atoms with van der Waals surface area (Å²) in [6.45, 7) is 0. The Kier molecular flexibility index (Phi) is 4.66. The van der Waals surface area contributed by atoms with Gasteiger partial charge in [0.1, 0.15) is 11.4 Å². The molecule has 0 aliphatic rings. The maximum Gasteiger partial charge on any atom is 0.417 e. The minimum atomic E-state index is -5.27. The molecule has 0 N–H and O–H groups in total. The van der Waals surface area contributed by atoms with Crippen LogP contribution in [0.15, 0.2) is 77.4 Å². The first-order valence-electron chi connectivity index (χ1n) is 9.65. The molecule has 0 aliphatic carbocycles. The summed E-state index contributed by atoms with van der Waals surface area (Å²) in [6.07, 6.45) is -9.07. The molecule has 0 bridgehead atoms. The van der Waals surface area contributed by atoms with Gasteiger partial charge in [0.15, 0.2) is 5.76 Å². The van der Waals surface area contributed by atoms with Crippen LogP contribution in [0.4, 0.5) is 26.3 Å². The Balaban J connectivity index is 1.91. The summed E-state index contributed by atoms with van der Waals surface area (Å²) in [5.74, 6) is 0.328. The SMILES string of the molecule is FC(F)(F)c1cccc(-c2nnc(-c3ccco3)c3cc4ccccc4cc23)c1C(F)(F)F. The standard InChI is InChI=1S/C24H12F6N2O/c25-23(26,27)18-8-3-7-15(20(18)24(28,29)30)21-16-11-13-5-1-2-6-14(13)12-17(16)22(32-31-21)19-9-4-10-33-19/h1-12H. The van der Waals surface area contributed by atoms with Crippen LogP contribution in [0.2, 0.25) is 0 Å². The number of nitrogens with zero attached hydrogens (tertiary/aromatic N) is 2. The Labute approximate surface area is 182 Å². The zero-order valence-electron chi connectivity index (χ0n) is 16.5. The molecule has 3 aromatic carbocycles. The highest BCUT2D eigenvalue weighted by Crippen LogP contribution is 2.46. The Morgan fingerprint density at radius 2 is 1.27 bits per heavy atom. The maximum absolute atomic E-state index is 13.9. The molecule has 0 unspecified atom stereocenters. The number of furan rings is 1. The van der Waals surface area contributed by atoms with Crippen molar-refractivity contribution in [2.75, 3.05) is 0 Å². The predicted molar refractivity (Wildman–Crippen MR) is 110 cm³/mol. The average molecular weight is 458 g/mol. The molecule has 0 spiro atoms. The van der Waals surface area contributed by atoms with E-state index in [-0.39, 0.29) is 16.8 Å². The normalized spacial score (nSPS) is 12.5. The number of alkyl halides is 6. The van der Waals surface area contributed by atoms with E-state index < -0.39 is 29.0 Å². The number of rotatable bonds is 2. The summed E-state index contributed by atoms with van der Waals surface area (Å²) in [4.78, 5) is 0. The fourth-order valence-corrected chi connectivity index (χ4v) is 3.93. The lowest BCUT2D eigenvalue weighted by molar-refractivity contribution is -0.161.